The Balaban J connectivity index is 1.67. The number of nitrogens with one attached hydrogen (secondary N) is 1. The highest BCUT2D eigenvalue weighted by Gasteiger charge is 2.13. The van der Waals surface area contributed by atoms with Crippen LogP contribution in [0.25, 0.3) is 0 Å². The molecule has 2 nitrogen and oxygen atoms in total. The van der Waals surface area contributed by atoms with Gasteiger partial charge in [-0.3, -0.25) is 0 Å². The molecule has 20 heavy (non-hydrogen) atoms. The zero-order valence-corrected chi connectivity index (χ0v) is 13.8. The molecule has 0 spiro atoms. The zero-order valence-electron chi connectivity index (χ0n) is 12.2. The highest BCUT2D eigenvalue weighted by atomic mass is 79.9. The summed E-state index contributed by atoms with van der Waals surface area (Å²) >= 11 is 3.22. The lowest BCUT2D eigenvalue weighted by Crippen LogP contribution is -2.36. The molecular formula is C16H24BrFN2. The Morgan fingerprint density at radius 3 is 2.75 bits per heavy atom. The first kappa shape index (κ1) is 15.9. The van der Waals surface area contributed by atoms with Gasteiger partial charge in [-0.15, -0.1) is 0 Å². The van der Waals surface area contributed by atoms with Crippen molar-refractivity contribution in [1.29, 1.82) is 0 Å². The van der Waals surface area contributed by atoms with Gasteiger partial charge in [-0.2, -0.15) is 0 Å². The van der Waals surface area contributed by atoms with Crippen LogP contribution in [-0.4, -0.2) is 31.1 Å². The van der Waals surface area contributed by atoms with Gasteiger partial charge in [0.25, 0.3) is 0 Å². The minimum absolute atomic E-state index is 0.202. The first-order valence-corrected chi connectivity index (χ1v) is 8.31. The fourth-order valence-electron chi connectivity index (χ4n) is 2.76. The Kier molecular flexibility index (Phi) is 6.46. The molecule has 1 atom stereocenters. The zero-order chi connectivity index (χ0) is 14.4. The van der Waals surface area contributed by atoms with Crippen LogP contribution in [0, 0.1) is 11.7 Å². The minimum atomic E-state index is -0.202. The van der Waals surface area contributed by atoms with E-state index in [1.807, 2.05) is 12.1 Å². The summed E-state index contributed by atoms with van der Waals surface area (Å²) in [6.07, 6.45) is 4.09. The van der Waals surface area contributed by atoms with Crippen LogP contribution in [0.5, 0.6) is 0 Å². The predicted molar refractivity (Wildman–Crippen MR) is 85.3 cm³/mol. The third-order valence-corrected chi connectivity index (χ3v) is 4.43. The molecule has 1 heterocycles. The van der Waals surface area contributed by atoms with E-state index in [2.05, 4.69) is 33.1 Å². The number of piperidine rings is 1. The molecule has 2 rings (SSSR count). The second kappa shape index (κ2) is 8.11. The van der Waals surface area contributed by atoms with E-state index in [4.69, 9.17) is 0 Å². The van der Waals surface area contributed by atoms with Gasteiger partial charge in [0.15, 0.2) is 0 Å². The number of rotatable bonds is 6. The van der Waals surface area contributed by atoms with Gasteiger partial charge < -0.3 is 10.2 Å². The maximum absolute atomic E-state index is 13.1. The summed E-state index contributed by atoms with van der Waals surface area (Å²) in [5.41, 5.74) is 1.11. The second-order valence-corrected chi connectivity index (χ2v) is 6.70. The van der Waals surface area contributed by atoms with E-state index in [9.17, 15) is 4.39 Å². The quantitative estimate of drug-likeness (QED) is 0.845. The normalized spacial score (nSPS) is 18.1. The summed E-state index contributed by atoms with van der Waals surface area (Å²) in [6.45, 7) is 7.79. The summed E-state index contributed by atoms with van der Waals surface area (Å²) in [5.74, 6) is 0.448. The Bertz CT molecular complexity index is 419. The fourth-order valence-corrected chi connectivity index (χ4v) is 3.19. The van der Waals surface area contributed by atoms with Gasteiger partial charge in [0, 0.05) is 13.1 Å². The molecule has 1 fully saturated rings. The summed E-state index contributed by atoms with van der Waals surface area (Å²) in [4.78, 5) is 2.57. The molecule has 0 radical (unpaired) electrons. The lowest BCUT2D eigenvalue weighted by Gasteiger charge is -2.29. The number of likely N-dealkylation sites (tertiary alicyclic amines) is 1. The maximum Gasteiger partial charge on any atom is 0.137 e. The lowest BCUT2D eigenvalue weighted by atomic mass is 10.1. The molecule has 0 aliphatic carbocycles. The van der Waals surface area contributed by atoms with Crippen LogP contribution in [0.4, 0.5) is 4.39 Å². The molecule has 4 heteroatoms. The third kappa shape index (κ3) is 5.15. The minimum Gasteiger partial charge on any atom is -0.312 e. The predicted octanol–water partition coefficient (Wildman–Crippen LogP) is 3.80. The van der Waals surface area contributed by atoms with Crippen LogP contribution in [0.15, 0.2) is 22.7 Å². The maximum atomic E-state index is 13.1. The molecule has 112 valence electrons. The number of benzene rings is 1. The molecule has 1 aliphatic rings. The molecule has 0 saturated carbocycles. The first-order valence-electron chi connectivity index (χ1n) is 7.52. The van der Waals surface area contributed by atoms with Crippen LogP contribution >= 0.6 is 15.9 Å². The number of nitrogens with zero attached hydrogens (tertiary/aromatic N) is 1. The highest BCUT2D eigenvalue weighted by Crippen LogP contribution is 2.16. The van der Waals surface area contributed by atoms with Crippen LogP contribution in [-0.2, 0) is 6.54 Å². The number of hydrogen-bond acceptors (Lipinski definition) is 2. The molecule has 0 amide bonds. The topological polar surface area (TPSA) is 15.3 Å². The Hall–Kier alpha value is -0.450. The highest BCUT2D eigenvalue weighted by molar-refractivity contribution is 9.10. The molecule has 1 saturated heterocycles. The summed E-state index contributed by atoms with van der Waals surface area (Å²) in [6, 6.07) is 5.19. The van der Waals surface area contributed by atoms with Gasteiger partial charge in [0.05, 0.1) is 4.47 Å². The van der Waals surface area contributed by atoms with Gasteiger partial charge in [-0.1, -0.05) is 19.4 Å². The van der Waals surface area contributed by atoms with E-state index in [0.717, 1.165) is 18.7 Å². The van der Waals surface area contributed by atoms with Crippen LogP contribution in [0.2, 0.25) is 0 Å². The SMILES string of the molecule is CC(CNCc1ccc(F)c(Br)c1)CN1CCCCC1. The average Bonchev–Trinajstić information content (AvgIpc) is 2.44. The van der Waals surface area contributed by atoms with Crippen molar-refractivity contribution in [3.63, 3.8) is 0 Å². The van der Waals surface area contributed by atoms with Crippen LogP contribution in [0.1, 0.15) is 31.7 Å². The van der Waals surface area contributed by atoms with E-state index >= 15 is 0 Å². The van der Waals surface area contributed by atoms with Crippen molar-refractivity contribution in [3.05, 3.63) is 34.1 Å². The van der Waals surface area contributed by atoms with Crippen molar-refractivity contribution >= 4 is 15.9 Å². The van der Waals surface area contributed by atoms with Crippen LogP contribution in [0.3, 0.4) is 0 Å². The van der Waals surface area contributed by atoms with Gasteiger partial charge >= 0.3 is 0 Å². The summed E-state index contributed by atoms with van der Waals surface area (Å²) < 4.78 is 13.7. The van der Waals surface area contributed by atoms with E-state index in [0.29, 0.717) is 10.4 Å². The number of hydrogen-bond donors (Lipinski definition) is 1. The van der Waals surface area contributed by atoms with Crippen molar-refractivity contribution < 1.29 is 4.39 Å². The standard InChI is InChI=1S/C16H24BrFN2/c1-13(12-20-7-3-2-4-8-20)10-19-11-14-5-6-16(18)15(17)9-14/h5-6,9,13,19H,2-4,7-8,10-12H2,1H3. The fraction of sp³-hybridized carbons (Fsp3) is 0.625. The largest absolute Gasteiger partial charge is 0.312 e. The third-order valence-electron chi connectivity index (χ3n) is 3.82. The first-order chi connectivity index (χ1) is 9.65. The van der Waals surface area contributed by atoms with Crippen molar-refractivity contribution in [1.82, 2.24) is 10.2 Å². The molecule has 1 aromatic carbocycles. The second-order valence-electron chi connectivity index (χ2n) is 5.85. The van der Waals surface area contributed by atoms with E-state index in [-0.39, 0.29) is 5.82 Å². The van der Waals surface area contributed by atoms with Crippen LogP contribution < -0.4 is 5.32 Å². The molecular weight excluding hydrogens is 319 g/mol. The molecule has 1 aromatic rings. The number of halogens is 2. The molecule has 1 N–H and O–H groups in total. The van der Waals surface area contributed by atoms with Gasteiger partial charge in [0.1, 0.15) is 5.82 Å². The average molecular weight is 343 g/mol. The lowest BCUT2D eigenvalue weighted by molar-refractivity contribution is 0.199. The van der Waals surface area contributed by atoms with Crippen molar-refractivity contribution in [2.45, 2.75) is 32.7 Å². The molecule has 1 unspecified atom stereocenters. The summed E-state index contributed by atoms with van der Waals surface area (Å²) in [7, 11) is 0. The van der Waals surface area contributed by atoms with Crippen molar-refractivity contribution in [2.75, 3.05) is 26.2 Å². The monoisotopic (exact) mass is 342 g/mol. The Morgan fingerprint density at radius 2 is 2.05 bits per heavy atom. The van der Waals surface area contributed by atoms with Gasteiger partial charge in [-0.05, 0) is 72.0 Å². The molecule has 0 aromatic heterocycles. The van der Waals surface area contributed by atoms with E-state index in [1.165, 1.54) is 45.0 Å². The van der Waals surface area contributed by atoms with Gasteiger partial charge in [0.2, 0.25) is 0 Å². The van der Waals surface area contributed by atoms with Crippen molar-refractivity contribution in [3.8, 4) is 0 Å². The Labute approximate surface area is 129 Å². The van der Waals surface area contributed by atoms with Gasteiger partial charge in [-0.25, -0.2) is 4.39 Å². The smallest absolute Gasteiger partial charge is 0.137 e. The Morgan fingerprint density at radius 1 is 1.30 bits per heavy atom. The summed E-state index contributed by atoms with van der Waals surface area (Å²) in [5, 5.41) is 3.47. The van der Waals surface area contributed by atoms with E-state index in [1.54, 1.807) is 0 Å². The van der Waals surface area contributed by atoms with Crippen molar-refractivity contribution in [2.24, 2.45) is 5.92 Å². The van der Waals surface area contributed by atoms with E-state index < -0.39 is 0 Å². The molecule has 0 bridgehead atoms. The molecule has 1 aliphatic heterocycles.